The fourth-order valence-corrected chi connectivity index (χ4v) is 2.90. The lowest BCUT2D eigenvalue weighted by atomic mass is 9.98. The van der Waals surface area contributed by atoms with Gasteiger partial charge in [0.05, 0.1) is 6.61 Å². The van der Waals surface area contributed by atoms with E-state index in [1.54, 1.807) is 35.5 Å². The van der Waals surface area contributed by atoms with Gasteiger partial charge in [0.1, 0.15) is 16.6 Å². The first kappa shape index (κ1) is 17.5. The molecule has 132 valence electrons. The molecule has 0 saturated carbocycles. The molecule has 1 aliphatic heterocycles. The van der Waals surface area contributed by atoms with Crippen molar-refractivity contribution in [2.24, 2.45) is 5.92 Å². The van der Waals surface area contributed by atoms with E-state index in [-0.39, 0.29) is 11.8 Å². The maximum Gasteiger partial charge on any atom is 0.321 e. The SMILES string of the molecule is O=C(Nc1ccc(F)cc1)N1CCC(COc2ccncc2Cl)CC1. The van der Waals surface area contributed by atoms with Gasteiger partial charge in [-0.25, -0.2) is 9.18 Å². The minimum Gasteiger partial charge on any atom is -0.492 e. The molecule has 3 rings (SSSR count). The quantitative estimate of drug-likeness (QED) is 0.885. The standard InChI is InChI=1S/C18H19ClFN3O2/c19-16-11-21-8-5-17(16)25-12-13-6-9-23(10-7-13)18(24)22-15-3-1-14(20)2-4-15/h1-5,8,11,13H,6-7,9-10,12H2,(H,22,24). The van der Waals surface area contributed by atoms with Gasteiger partial charge in [-0.15, -0.1) is 0 Å². The number of hydrogen-bond acceptors (Lipinski definition) is 3. The molecule has 0 unspecified atom stereocenters. The zero-order valence-electron chi connectivity index (χ0n) is 13.6. The second-order valence-electron chi connectivity index (χ2n) is 5.98. The maximum absolute atomic E-state index is 12.9. The highest BCUT2D eigenvalue weighted by Crippen LogP contribution is 2.25. The number of piperidine rings is 1. The molecule has 0 atom stereocenters. The number of carbonyl (C=O) groups is 1. The van der Waals surface area contributed by atoms with Crippen molar-refractivity contribution in [1.82, 2.24) is 9.88 Å². The summed E-state index contributed by atoms with van der Waals surface area (Å²) < 4.78 is 18.6. The van der Waals surface area contributed by atoms with E-state index < -0.39 is 0 Å². The summed E-state index contributed by atoms with van der Waals surface area (Å²) in [4.78, 5) is 17.9. The molecule has 2 heterocycles. The lowest BCUT2D eigenvalue weighted by Crippen LogP contribution is -2.42. The Morgan fingerprint density at radius 1 is 1.28 bits per heavy atom. The first-order valence-corrected chi connectivity index (χ1v) is 8.53. The van der Waals surface area contributed by atoms with E-state index in [1.165, 1.54) is 12.1 Å². The number of likely N-dealkylation sites (tertiary alicyclic amines) is 1. The summed E-state index contributed by atoms with van der Waals surface area (Å²) in [7, 11) is 0. The molecule has 5 nitrogen and oxygen atoms in total. The molecule has 1 aliphatic rings. The Bertz CT molecular complexity index is 719. The number of anilines is 1. The van der Waals surface area contributed by atoms with Gasteiger partial charge in [-0.3, -0.25) is 4.98 Å². The minimum atomic E-state index is -0.326. The van der Waals surface area contributed by atoms with E-state index in [0.717, 1.165) is 12.8 Å². The molecule has 1 saturated heterocycles. The first-order valence-electron chi connectivity index (χ1n) is 8.15. The van der Waals surface area contributed by atoms with Gasteiger partial charge < -0.3 is 15.0 Å². The van der Waals surface area contributed by atoms with E-state index >= 15 is 0 Å². The lowest BCUT2D eigenvalue weighted by Gasteiger charge is -2.32. The van der Waals surface area contributed by atoms with Crippen LogP contribution in [0.15, 0.2) is 42.7 Å². The van der Waals surface area contributed by atoms with Gasteiger partial charge in [0.15, 0.2) is 0 Å². The normalized spacial score (nSPS) is 15.0. The van der Waals surface area contributed by atoms with Crippen LogP contribution in [0.25, 0.3) is 0 Å². The summed E-state index contributed by atoms with van der Waals surface area (Å²) in [5.41, 5.74) is 0.587. The summed E-state index contributed by atoms with van der Waals surface area (Å²) in [6, 6.07) is 7.32. The first-order chi connectivity index (χ1) is 12.1. The third kappa shape index (κ3) is 4.82. The molecule has 7 heteroatoms. The predicted octanol–water partition coefficient (Wildman–Crippen LogP) is 4.20. The number of benzene rings is 1. The number of nitrogens with one attached hydrogen (secondary N) is 1. The molecule has 1 fully saturated rings. The van der Waals surface area contributed by atoms with Crippen LogP contribution in [0.1, 0.15) is 12.8 Å². The van der Waals surface area contributed by atoms with Gasteiger partial charge in [-0.2, -0.15) is 0 Å². The second-order valence-corrected chi connectivity index (χ2v) is 6.39. The number of carbonyl (C=O) groups excluding carboxylic acids is 1. The minimum absolute atomic E-state index is 0.164. The largest absolute Gasteiger partial charge is 0.492 e. The Morgan fingerprint density at radius 3 is 2.68 bits per heavy atom. The van der Waals surface area contributed by atoms with Crippen molar-refractivity contribution in [3.05, 3.63) is 53.6 Å². The number of halogens is 2. The number of ether oxygens (including phenoxy) is 1. The summed E-state index contributed by atoms with van der Waals surface area (Å²) in [6.07, 6.45) is 4.92. The smallest absolute Gasteiger partial charge is 0.321 e. The topological polar surface area (TPSA) is 54.5 Å². The molecule has 1 aromatic heterocycles. The summed E-state index contributed by atoms with van der Waals surface area (Å²) in [6.45, 7) is 1.88. The Balaban J connectivity index is 1.44. The number of nitrogens with zero attached hydrogens (tertiary/aromatic N) is 2. The molecule has 2 amide bonds. The van der Waals surface area contributed by atoms with Crippen molar-refractivity contribution in [2.75, 3.05) is 25.0 Å². The molecule has 0 bridgehead atoms. The Hall–Kier alpha value is -2.34. The van der Waals surface area contributed by atoms with E-state index in [0.29, 0.717) is 42.1 Å². The molecule has 1 aromatic carbocycles. The number of pyridine rings is 1. The molecule has 1 N–H and O–H groups in total. The van der Waals surface area contributed by atoms with Crippen LogP contribution in [0.3, 0.4) is 0 Å². The van der Waals surface area contributed by atoms with Gasteiger partial charge in [-0.05, 0) is 43.0 Å². The van der Waals surface area contributed by atoms with Gasteiger partial charge >= 0.3 is 6.03 Å². The third-order valence-electron chi connectivity index (χ3n) is 4.21. The van der Waals surface area contributed by atoms with Crippen molar-refractivity contribution >= 4 is 23.3 Å². The van der Waals surface area contributed by atoms with Crippen molar-refractivity contribution in [3.63, 3.8) is 0 Å². The predicted molar refractivity (Wildman–Crippen MR) is 94.5 cm³/mol. The lowest BCUT2D eigenvalue weighted by molar-refractivity contribution is 0.152. The maximum atomic E-state index is 12.9. The van der Waals surface area contributed by atoms with Gasteiger partial charge in [0.2, 0.25) is 0 Å². The monoisotopic (exact) mass is 363 g/mol. The van der Waals surface area contributed by atoms with Crippen LogP contribution in [0.4, 0.5) is 14.9 Å². The Morgan fingerprint density at radius 2 is 2.00 bits per heavy atom. The number of aromatic nitrogens is 1. The van der Waals surface area contributed by atoms with Crippen LogP contribution in [0.5, 0.6) is 5.75 Å². The van der Waals surface area contributed by atoms with E-state index in [1.807, 2.05) is 0 Å². The molecule has 2 aromatic rings. The summed E-state index contributed by atoms with van der Waals surface area (Å²) in [5.74, 6) is 0.681. The fraction of sp³-hybridized carbons (Fsp3) is 0.333. The fourth-order valence-electron chi connectivity index (χ4n) is 2.73. The van der Waals surface area contributed by atoms with Crippen LogP contribution >= 0.6 is 11.6 Å². The number of rotatable bonds is 4. The third-order valence-corrected chi connectivity index (χ3v) is 4.49. The average molecular weight is 364 g/mol. The van der Waals surface area contributed by atoms with E-state index in [2.05, 4.69) is 10.3 Å². The second kappa shape index (κ2) is 8.16. The van der Waals surface area contributed by atoms with Crippen molar-refractivity contribution < 1.29 is 13.9 Å². The summed E-state index contributed by atoms with van der Waals surface area (Å²) in [5, 5.41) is 3.28. The van der Waals surface area contributed by atoms with Crippen LogP contribution in [-0.4, -0.2) is 35.6 Å². The molecular formula is C18H19ClFN3O2. The average Bonchev–Trinajstić information content (AvgIpc) is 2.63. The van der Waals surface area contributed by atoms with Crippen LogP contribution in [-0.2, 0) is 0 Å². The van der Waals surface area contributed by atoms with Gasteiger partial charge in [0.25, 0.3) is 0 Å². The molecule has 0 spiro atoms. The number of amides is 2. The molecule has 25 heavy (non-hydrogen) atoms. The summed E-state index contributed by atoms with van der Waals surface area (Å²) >= 11 is 6.02. The van der Waals surface area contributed by atoms with Crippen LogP contribution < -0.4 is 10.1 Å². The Labute approximate surface area is 150 Å². The van der Waals surface area contributed by atoms with Gasteiger partial charge in [-0.1, -0.05) is 11.6 Å². The van der Waals surface area contributed by atoms with Crippen LogP contribution in [0.2, 0.25) is 5.02 Å². The number of urea groups is 1. The number of hydrogen-bond donors (Lipinski definition) is 1. The van der Waals surface area contributed by atoms with Crippen molar-refractivity contribution in [1.29, 1.82) is 0 Å². The highest BCUT2D eigenvalue weighted by Gasteiger charge is 2.23. The van der Waals surface area contributed by atoms with Crippen LogP contribution in [0, 0.1) is 11.7 Å². The Kier molecular flexibility index (Phi) is 5.71. The zero-order valence-corrected chi connectivity index (χ0v) is 14.4. The van der Waals surface area contributed by atoms with Crippen molar-refractivity contribution in [3.8, 4) is 5.75 Å². The molecule has 0 radical (unpaired) electrons. The van der Waals surface area contributed by atoms with E-state index in [9.17, 15) is 9.18 Å². The van der Waals surface area contributed by atoms with E-state index in [4.69, 9.17) is 16.3 Å². The molecular weight excluding hydrogens is 345 g/mol. The van der Waals surface area contributed by atoms with Gasteiger partial charge in [0, 0.05) is 37.2 Å². The highest BCUT2D eigenvalue weighted by atomic mass is 35.5. The molecule has 0 aliphatic carbocycles. The zero-order chi connectivity index (χ0) is 17.6. The van der Waals surface area contributed by atoms with Crippen molar-refractivity contribution in [2.45, 2.75) is 12.8 Å². The highest BCUT2D eigenvalue weighted by molar-refractivity contribution is 6.31.